The summed E-state index contributed by atoms with van der Waals surface area (Å²) in [4.78, 5) is 26.9. The molecule has 8 rings (SSSR count). The highest BCUT2D eigenvalue weighted by molar-refractivity contribution is 6.78. The number of hydrogen-bond acceptors (Lipinski definition) is 18. The predicted octanol–water partition coefficient (Wildman–Crippen LogP) is 13.2. The first kappa shape index (κ1) is 71.1. The number of aromatic nitrogens is 8. The molecule has 0 unspecified atom stereocenters. The second kappa shape index (κ2) is 29.9. The van der Waals surface area contributed by atoms with Crippen LogP contribution >= 0.6 is 23.2 Å². The van der Waals surface area contributed by atoms with Crippen molar-refractivity contribution in [2.75, 3.05) is 37.9 Å². The SMILES string of the molecule is CC(C)[Si](OC[C@H]1O[C@@H](n2cnc3c(N)nc(OCCc4ccc(Cl)cc4)nc32)[C@H](O[Si](C(C)C)(C(C)C)C(C)C)[C@@H]1O[Si](C(C)C)(C(C)C)C(C)C)(C(C)C)C(C)C.Nc1nc(OCCc2ccc(Cl)cc2)nc2c1ncn2[C@@H]1O[C@H](CO)[C@@H](O)[C@H]1O. The van der Waals surface area contributed by atoms with E-state index in [1.165, 1.54) is 10.9 Å². The van der Waals surface area contributed by atoms with Gasteiger partial charge in [-0.15, -0.1) is 0 Å². The van der Waals surface area contributed by atoms with Crippen molar-refractivity contribution in [2.45, 2.75) is 236 Å². The quantitative estimate of drug-likeness (QED) is 0.0300. The lowest BCUT2D eigenvalue weighted by Crippen LogP contribution is -2.58. The van der Waals surface area contributed by atoms with Crippen molar-refractivity contribution in [1.29, 1.82) is 0 Å². The minimum atomic E-state index is -2.53. The van der Waals surface area contributed by atoms with Gasteiger partial charge in [-0.2, -0.15) is 19.9 Å². The Morgan fingerprint density at radius 2 is 0.864 bits per heavy atom. The van der Waals surface area contributed by atoms with Crippen LogP contribution in [0, 0.1) is 0 Å². The van der Waals surface area contributed by atoms with Gasteiger partial charge in [-0.05, 0) is 85.3 Å². The molecule has 8 atom stereocenters. The van der Waals surface area contributed by atoms with Crippen LogP contribution in [0.3, 0.4) is 0 Å². The van der Waals surface area contributed by atoms with E-state index in [4.69, 9.17) is 76.9 Å². The normalized spacial score (nSPS) is 21.3. The lowest BCUT2D eigenvalue weighted by Gasteiger charge is -2.49. The molecule has 0 bridgehead atoms. The molecule has 0 spiro atoms. The van der Waals surface area contributed by atoms with Gasteiger partial charge in [0, 0.05) is 22.9 Å². The number of imidazole rings is 2. The van der Waals surface area contributed by atoms with Crippen molar-refractivity contribution < 1.29 is 47.5 Å². The van der Waals surface area contributed by atoms with Gasteiger partial charge in [-0.3, -0.25) is 9.13 Å². The lowest BCUT2D eigenvalue weighted by atomic mass is 10.1. The number of aliphatic hydroxyl groups excluding tert-OH is 3. The van der Waals surface area contributed by atoms with Crippen molar-refractivity contribution in [3.63, 3.8) is 0 Å². The molecular formula is C63H100Cl2N10O10Si3. The van der Waals surface area contributed by atoms with Crippen molar-refractivity contribution in [3.8, 4) is 12.0 Å². The molecule has 0 amide bonds. The molecule has 488 valence electrons. The third kappa shape index (κ3) is 14.8. The van der Waals surface area contributed by atoms with Crippen LogP contribution in [0.15, 0.2) is 61.2 Å². The summed E-state index contributed by atoms with van der Waals surface area (Å²) in [7, 11) is -7.32. The number of hydrogen-bond donors (Lipinski definition) is 5. The average Bonchev–Trinajstić information content (AvgIpc) is 1.94. The molecule has 2 aromatic carbocycles. The molecule has 20 nitrogen and oxygen atoms in total. The molecule has 25 heteroatoms. The number of fused-ring (bicyclic) bond motifs is 2. The number of halogens is 2. The summed E-state index contributed by atoms with van der Waals surface area (Å²) in [5, 5.41) is 30.9. The Kier molecular flexibility index (Phi) is 24.2. The van der Waals surface area contributed by atoms with E-state index < -0.39 is 80.6 Å². The highest BCUT2D eigenvalue weighted by Crippen LogP contribution is 2.52. The zero-order valence-electron chi connectivity index (χ0n) is 55.0. The highest BCUT2D eigenvalue weighted by atomic mass is 35.5. The predicted molar refractivity (Wildman–Crippen MR) is 357 cm³/mol. The van der Waals surface area contributed by atoms with Gasteiger partial charge in [0.1, 0.15) is 36.6 Å². The molecule has 2 fully saturated rings. The minimum Gasteiger partial charge on any atom is -0.463 e. The average molecular weight is 1310 g/mol. The Balaban J connectivity index is 0.000000315. The van der Waals surface area contributed by atoms with Crippen LogP contribution in [0.25, 0.3) is 22.3 Å². The van der Waals surface area contributed by atoms with Gasteiger partial charge >= 0.3 is 12.0 Å². The number of rotatable bonds is 27. The summed E-state index contributed by atoms with van der Waals surface area (Å²) in [5.74, 6) is 0.364. The van der Waals surface area contributed by atoms with E-state index >= 15 is 0 Å². The monoisotopic (exact) mass is 1310 g/mol. The third-order valence-electron chi connectivity index (χ3n) is 18.6. The fourth-order valence-corrected chi connectivity index (χ4v) is 31.4. The smallest absolute Gasteiger partial charge is 0.320 e. The van der Waals surface area contributed by atoms with Crippen molar-refractivity contribution >= 4 is 82.1 Å². The van der Waals surface area contributed by atoms with E-state index in [0.29, 0.717) is 109 Å². The standard InChI is InChI=1S/C45H80ClN5O5Si3.C18H20ClN5O5/c1-27(2)57(28(3)4,29(5)6)53-25-38-40(55-58(30(7)8,31(9)10)32(11)12)41(56-59(33(13)14,34(15)16)35(17)18)44(54-38)51-26-48-39-42(47)49-45(50-43(39)51)52-24-23-36-19-21-37(46)22-20-36;19-10-3-1-9(2-4-10)5-6-28-18-22-15(20)12-16(23-18)24(8-21-12)17-14(27)13(26)11(7-25)29-17/h19-22,26-35,38,40-41,44H,23-25H2,1-18H3,(H2,47,49,50);1-4,8,11,13-14,17,25-27H,5-7H2,(H2,20,22,23)/t38-,40-,41-,44-;11-,13-,14-,17-/m11/s1. The first-order chi connectivity index (χ1) is 41.5. The molecule has 6 aromatic rings. The number of nitrogens with two attached hydrogens (primary N) is 2. The summed E-state index contributed by atoms with van der Waals surface area (Å²) in [6, 6.07) is 15.4. The zero-order chi connectivity index (χ0) is 64.9. The van der Waals surface area contributed by atoms with Crippen LogP contribution in [0.4, 0.5) is 11.6 Å². The van der Waals surface area contributed by atoms with Crippen molar-refractivity contribution in [3.05, 3.63) is 82.4 Å². The third-order valence-corrected chi connectivity index (χ3v) is 37.4. The Morgan fingerprint density at radius 1 is 0.500 bits per heavy atom. The van der Waals surface area contributed by atoms with Crippen LogP contribution in [0.5, 0.6) is 12.0 Å². The Morgan fingerprint density at radius 3 is 1.23 bits per heavy atom. The first-order valence-corrected chi connectivity index (χ1v) is 38.7. The van der Waals surface area contributed by atoms with Crippen LogP contribution in [-0.2, 0) is 35.6 Å². The molecular weight excluding hydrogens is 1210 g/mol. The number of aliphatic hydroxyl groups is 3. The molecule has 4 aromatic heterocycles. The van der Waals surface area contributed by atoms with E-state index in [1.54, 1.807) is 18.5 Å². The summed E-state index contributed by atoms with van der Waals surface area (Å²) in [6.07, 6.45) is -1.85. The molecule has 2 aliphatic heterocycles. The molecule has 0 radical (unpaired) electrons. The lowest BCUT2D eigenvalue weighted by molar-refractivity contribution is -0.0511. The van der Waals surface area contributed by atoms with E-state index in [9.17, 15) is 15.3 Å². The van der Waals surface area contributed by atoms with Gasteiger partial charge in [-0.1, -0.05) is 172 Å². The van der Waals surface area contributed by atoms with E-state index in [0.717, 1.165) is 11.1 Å². The molecule has 0 saturated carbocycles. The van der Waals surface area contributed by atoms with Gasteiger partial charge in [-0.25, -0.2) is 9.97 Å². The number of anilines is 2. The molecule has 2 saturated heterocycles. The summed E-state index contributed by atoms with van der Waals surface area (Å²) < 4.78 is 51.6. The fourth-order valence-electron chi connectivity index (χ4n) is 14.6. The Hall–Kier alpha value is -4.35. The Labute approximate surface area is 534 Å². The molecule has 6 heterocycles. The van der Waals surface area contributed by atoms with Crippen LogP contribution in [-0.4, -0.2) is 142 Å². The second-order valence-electron chi connectivity index (χ2n) is 26.6. The maximum atomic E-state index is 10.3. The fraction of sp³-hybridized carbons (Fsp3) is 0.651. The molecule has 88 heavy (non-hydrogen) atoms. The molecule has 2 aliphatic rings. The molecule has 0 aliphatic carbocycles. The van der Waals surface area contributed by atoms with Crippen molar-refractivity contribution in [2.24, 2.45) is 0 Å². The van der Waals surface area contributed by atoms with E-state index in [2.05, 4.69) is 145 Å². The Bertz CT molecular complexity index is 3130. The number of ether oxygens (including phenoxy) is 4. The summed E-state index contributed by atoms with van der Waals surface area (Å²) in [6.45, 7) is 42.8. The number of nitrogen functional groups attached to an aromatic ring is 2. The topological polar surface area (TPSA) is 265 Å². The van der Waals surface area contributed by atoms with E-state index in [1.807, 2.05) is 41.0 Å². The maximum Gasteiger partial charge on any atom is 0.320 e. The largest absolute Gasteiger partial charge is 0.463 e. The van der Waals surface area contributed by atoms with Crippen LogP contribution < -0.4 is 20.9 Å². The van der Waals surface area contributed by atoms with Gasteiger partial charge in [0.25, 0.3) is 0 Å². The first-order valence-electron chi connectivity index (χ1n) is 31.5. The van der Waals surface area contributed by atoms with Crippen molar-refractivity contribution in [1.82, 2.24) is 39.0 Å². The van der Waals surface area contributed by atoms with Gasteiger partial charge < -0.3 is 59.0 Å². The molecule has 7 N–H and O–H groups in total. The maximum absolute atomic E-state index is 10.3. The zero-order valence-corrected chi connectivity index (χ0v) is 59.5. The van der Waals surface area contributed by atoms with Gasteiger partial charge in [0.05, 0.1) is 39.1 Å². The van der Waals surface area contributed by atoms with Gasteiger partial charge in [0.2, 0.25) is 16.6 Å². The highest BCUT2D eigenvalue weighted by Gasteiger charge is 2.59. The van der Waals surface area contributed by atoms with E-state index in [-0.39, 0.29) is 29.3 Å². The second-order valence-corrected chi connectivity index (χ2v) is 43.8. The van der Waals surface area contributed by atoms with Crippen LogP contribution in [0.1, 0.15) is 148 Å². The van der Waals surface area contributed by atoms with Gasteiger partial charge in [0.15, 0.2) is 54.7 Å². The summed E-state index contributed by atoms with van der Waals surface area (Å²) >= 11 is 12.0. The minimum absolute atomic E-state index is 0.0532. The van der Waals surface area contributed by atoms with Crippen LogP contribution in [0.2, 0.25) is 59.9 Å². The summed E-state index contributed by atoms with van der Waals surface area (Å²) in [5.41, 5.74) is 19.7. The number of nitrogens with zero attached hydrogens (tertiary/aromatic N) is 8. The number of benzene rings is 2.